The Balaban J connectivity index is 1.99. The van der Waals surface area contributed by atoms with Crippen LogP contribution < -0.4 is 5.32 Å². The number of hydrogen-bond donors (Lipinski definition) is 2. The van der Waals surface area contributed by atoms with Gasteiger partial charge in [-0.1, -0.05) is 55.4 Å². The molecule has 2 N–H and O–H groups in total. The molecule has 4 atom stereocenters. The Bertz CT molecular complexity index is 986. The summed E-state index contributed by atoms with van der Waals surface area (Å²) in [5.74, 6) is -1.22. The van der Waals surface area contributed by atoms with E-state index in [9.17, 15) is 25.3 Å². The fourth-order valence-corrected chi connectivity index (χ4v) is 9.87. The molecule has 12 heteroatoms. The highest BCUT2D eigenvalue weighted by molar-refractivity contribution is 6.70. The summed E-state index contributed by atoms with van der Waals surface area (Å²) in [4.78, 5) is 21.4. The number of nitrogens with zero attached hydrogens (tertiary/aromatic N) is 2. The second-order valence-electron chi connectivity index (χ2n) is 11.5. The number of ether oxygens (including phenoxy) is 1. The van der Waals surface area contributed by atoms with Crippen LogP contribution >= 0.6 is 0 Å². The molecule has 3 rings (SSSR count). The van der Waals surface area contributed by atoms with Gasteiger partial charge in [0.1, 0.15) is 11.8 Å². The lowest BCUT2D eigenvalue weighted by Gasteiger charge is -2.53. The molecule has 1 aromatic rings. The summed E-state index contributed by atoms with van der Waals surface area (Å²) in [6.07, 6.45) is -1.17. The fourth-order valence-electron chi connectivity index (χ4n) is 5.85. The number of aliphatic hydroxyl groups is 1. The van der Waals surface area contributed by atoms with Gasteiger partial charge >= 0.3 is 8.56 Å². The van der Waals surface area contributed by atoms with E-state index in [-0.39, 0.29) is 40.2 Å². The quantitative estimate of drug-likeness (QED) is 0.253. The Hall–Kier alpha value is -2.12. The van der Waals surface area contributed by atoms with E-state index in [4.69, 9.17) is 13.6 Å². The molecule has 1 aliphatic carbocycles. The molecule has 0 bridgehead atoms. The molecule has 1 saturated carbocycles. The first kappa shape index (κ1) is 29.4. The second-order valence-corrected chi connectivity index (χ2v) is 15.8. The standard InChI is InChI=1S/C25H41N3O8Si/c1-14(2)25(15(3)4)35-24-18(13-34-37(36-25,16(5)6)17(7)8)11-21(23(24)29)26-20-10-9-19(27(30)31)12-22(20)28(32)33/h9-10,12,14-18,21,23-24,26,29H,11,13H2,1-8H3/t18-,21-,23-,24-/m1/s1. The number of nitro benzene ring substituents is 2. The minimum atomic E-state index is -2.78. The lowest BCUT2D eigenvalue weighted by Crippen LogP contribution is -2.63. The Morgan fingerprint density at radius 3 is 2.11 bits per heavy atom. The molecule has 208 valence electrons. The van der Waals surface area contributed by atoms with Crippen molar-refractivity contribution in [3.63, 3.8) is 0 Å². The smallest absolute Gasteiger partial charge is 0.345 e. The molecule has 0 spiro atoms. The van der Waals surface area contributed by atoms with Gasteiger partial charge in [-0.3, -0.25) is 20.2 Å². The largest absolute Gasteiger partial charge is 0.393 e. The van der Waals surface area contributed by atoms with Gasteiger partial charge in [0, 0.05) is 30.4 Å². The van der Waals surface area contributed by atoms with Crippen LogP contribution in [0.25, 0.3) is 0 Å². The van der Waals surface area contributed by atoms with E-state index < -0.39 is 48.1 Å². The molecule has 11 nitrogen and oxygen atoms in total. The van der Waals surface area contributed by atoms with Crippen molar-refractivity contribution in [2.45, 2.75) is 96.9 Å². The maximum Gasteiger partial charge on any atom is 0.345 e. The van der Waals surface area contributed by atoms with Crippen LogP contribution in [0.4, 0.5) is 17.1 Å². The van der Waals surface area contributed by atoms with Gasteiger partial charge in [0.15, 0.2) is 5.79 Å². The molecule has 1 aliphatic heterocycles. The van der Waals surface area contributed by atoms with Gasteiger partial charge in [-0.15, -0.1) is 0 Å². The van der Waals surface area contributed by atoms with E-state index in [1.807, 2.05) is 27.7 Å². The van der Waals surface area contributed by atoms with E-state index in [1.165, 1.54) is 12.1 Å². The summed E-state index contributed by atoms with van der Waals surface area (Å²) in [5.41, 5.74) is -0.365. The summed E-state index contributed by atoms with van der Waals surface area (Å²) in [7, 11) is -2.78. The van der Waals surface area contributed by atoms with Crippen LogP contribution in [0.15, 0.2) is 18.2 Å². The SMILES string of the molecule is CC(C)C1(C(C)C)O[C@@H]2[C@@H](CO[Si](C(C)C)(C(C)C)O1)C[C@@H](Nc1ccc([N+](=O)[O-])cc1[N+](=O)[O-])[C@H]2O. The number of aliphatic hydroxyl groups excluding tert-OH is 1. The van der Waals surface area contributed by atoms with Crippen molar-refractivity contribution in [2.75, 3.05) is 11.9 Å². The van der Waals surface area contributed by atoms with E-state index in [0.29, 0.717) is 13.0 Å². The minimum Gasteiger partial charge on any atom is -0.393 e. The van der Waals surface area contributed by atoms with Crippen molar-refractivity contribution in [3.8, 4) is 0 Å². The third-order valence-electron chi connectivity index (χ3n) is 7.88. The summed E-state index contributed by atoms with van der Waals surface area (Å²) in [6, 6.07) is 2.86. The molecule has 1 heterocycles. The second kappa shape index (κ2) is 10.9. The van der Waals surface area contributed by atoms with Gasteiger partial charge < -0.3 is 24.0 Å². The molecular weight excluding hydrogens is 498 g/mol. The maximum absolute atomic E-state index is 11.7. The summed E-state index contributed by atoms with van der Waals surface area (Å²) in [6.45, 7) is 17.0. The van der Waals surface area contributed by atoms with E-state index in [1.54, 1.807) is 0 Å². The highest BCUT2D eigenvalue weighted by Crippen LogP contribution is 2.48. The van der Waals surface area contributed by atoms with Gasteiger partial charge in [0.05, 0.1) is 28.1 Å². The van der Waals surface area contributed by atoms with Gasteiger partial charge in [0.25, 0.3) is 11.4 Å². The molecule has 2 fully saturated rings. The average Bonchev–Trinajstić information content (AvgIpc) is 3.06. The molecule has 0 radical (unpaired) electrons. The van der Waals surface area contributed by atoms with Crippen molar-refractivity contribution in [1.82, 2.24) is 0 Å². The predicted molar refractivity (Wildman–Crippen MR) is 142 cm³/mol. The van der Waals surface area contributed by atoms with Gasteiger partial charge in [-0.2, -0.15) is 0 Å². The zero-order valence-electron chi connectivity index (χ0n) is 23.0. The van der Waals surface area contributed by atoms with Gasteiger partial charge in [-0.25, -0.2) is 0 Å². The number of rotatable bonds is 8. The zero-order chi connectivity index (χ0) is 27.9. The van der Waals surface area contributed by atoms with Crippen molar-refractivity contribution in [3.05, 3.63) is 38.4 Å². The lowest BCUT2D eigenvalue weighted by molar-refractivity contribution is -0.393. The van der Waals surface area contributed by atoms with Crippen molar-refractivity contribution < 1.29 is 28.5 Å². The summed E-state index contributed by atoms with van der Waals surface area (Å²) < 4.78 is 20.6. The van der Waals surface area contributed by atoms with Gasteiger partial charge in [-0.05, 0) is 23.6 Å². The number of non-ortho nitro benzene ring substituents is 1. The van der Waals surface area contributed by atoms with Crippen molar-refractivity contribution in [2.24, 2.45) is 17.8 Å². The average molecular weight is 540 g/mol. The first-order valence-electron chi connectivity index (χ1n) is 13.1. The number of benzene rings is 1. The maximum atomic E-state index is 11.7. The molecule has 1 aromatic carbocycles. The van der Waals surface area contributed by atoms with E-state index in [2.05, 4.69) is 33.0 Å². The van der Waals surface area contributed by atoms with Crippen LogP contribution in [0.2, 0.25) is 11.1 Å². The molecule has 0 unspecified atom stereocenters. The number of hydrogen-bond acceptors (Lipinski definition) is 9. The summed E-state index contributed by atoms with van der Waals surface area (Å²) >= 11 is 0. The Kier molecular flexibility index (Phi) is 8.70. The van der Waals surface area contributed by atoms with Crippen molar-refractivity contribution >= 4 is 25.6 Å². The topological polar surface area (TPSA) is 146 Å². The van der Waals surface area contributed by atoms with Crippen LogP contribution in [0, 0.1) is 38.0 Å². The third kappa shape index (κ3) is 5.40. The van der Waals surface area contributed by atoms with Gasteiger partial charge in [0.2, 0.25) is 0 Å². The number of nitrogens with one attached hydrogen (secondary N) is 1. The van der Waals surface area contributed by atoms with Crippen molar-refractivity contribution in [1.29, 1.82) is 0 Å². The van der Waals surface area contributed by atoms with E-state index >= 15 is 0 Å². The summed E-state index contributed by atoms with van der Waals surface area (Å²) in [5, 5.41) is 37.3. The van der Waals surface area contributed by atoms with Crippen LogP contribution in [0.1, 0.15) is 61.8 Å². The van der Waals surface area contributed by atoms with Crippen LogP contribution in [-0.2, 0) is 13.6 Å². The minimum absolute atomic E-state index is 0.0332. The highest BCUT2D eigenvalue weighted by atomic mass is 28.4. The molecule has 37 heavy (non-hydrogen) atoms. The molecule has 0 aromatic heterocycles. The molecule has 0 amide bonds. The van der Waals surface area contributed by atoms with Crippen LogP contribution in [0.5, 0.6) is 0 Å². The predicted octanol–water partition coefficient (Wildman–Crippen LogP) is 5.37. The normalized spacial score (nSPS) is 27.3. The Labute approximate surface area is 219 Å². The number of fused-ring (bicyclic) bond motifs is 1. The monoisotopic (exact) mass is 539 g/mol. The fraction of sp³-hybridized carbons (Fsp3) is 0.760. The highest BCUT2D eigenvalue weighted by Gasteiger charge is 2.59. The molecule has 1 saturated heterocycles. The van der Waals surface area contributed by atoms with Crippen LogP contribution in [-0.4, -0.2) is 54.2 Å². The molecule has 2 aliphatic rings. The molecular formula is C25H41N3O8Si. The van der Waals surface area contributed by atoms with Crippen LogP contribution in [0.3, 0.4) is 0 Å². The third-order valence-corrected chi connectivity index (χ3v) is 12.4. The lowest BCUT2D eigenvalue weighted by atomic mass is 9.90. The zero-order valence-corrected chi connectivity index (χ0v) is 24.0. The number of nitro groups is 2. The first-order valence-corrected chi connectivity index (χ1v) is 15.0. The number of anilines is 1. The Morgan fingerprint density at radius 2 is 1.62 bits per heavy atom. The van der Waals surface area contributed by atoms with E-state index in [0.717, 1.165) is 6.07 Å². The Morgan fingerprint density at radius 1 is 1.03 bits per heavy atom. The first-order chi connectivity index (χ1) is 17.2.